The van der Waals surface area contributed by atoms with E-state index in [1.54, 1.807) is 6.92 Å². The van der Waals surface area contributed by atoms with Gasteiger partial charge in [0.15, 0.2) is 0 Å². The molecule has 5 nitrogen and oxygen atoms in total. The molecule has 0 saturated heterocycles. The van der Waals surface area contributed by atoms with Crippen LogP contribution in [-0.4, -0.2) is 17.5 Å². The summed E-state index contributed by atoms with van der Waals surface area (Å²) in [7, 11) is 0. The van der Waals surface area contributed by atoms with E-state index in [4.69, 9.17) is 0 Å². The Labute approximate surface area is 106 Å². The Hall–Kier alpha value is -2.12. The fourth-order valence-electron chi connectivity index (χ4n) is 1.43. The van der Waals surface area contributed by atoms with Crippen LogP contribution in [0.2, 0.25) is 0 Å². The fraction of sp³-hybridized carbons (Fsp3) is 0.364. The quantitative estimate of drug-likeness (QED) is 0.482. The van der Waals surface area contributed by atoms with Crippen molar-refractivity contribution in [2.75, 3.05) is 6.61 Å². The van der Waals surface area contributed by atoms with Gasteiger partial charge in [-0.1, -0.05) is 6.07 Å². The second kappa shape index (κ2) is 5.68. The highest BCUT2D eigenvalue weighted by Crippen LogP contribution is 2.33. The third-order valence-corrected chi connectivity index (χ3v) is 2.25. The van der Waals surface area contributed by atoms with Gasteiger partial charge in [0, 0.05) is 11.6 Å². The maximum Gasteiger partial charge on any atom is 0.416 e. The Morgan fingerprint density at radius 2 is 2.05 bits per heavy atom. The highest BCUT2D eigenvalue weighted by Gasteiger charge is 2.33. The molecular formula is C11H10F3NO4. The van der Waals surface area contributed by atoms with Gasteiger partial charge in [-0.15, -0.1) is 0 Å². The largest absolute Gasteiger partial charge is 0.466 e. The first kappa shape index (κ1) is 14.9. The van der Waals surface area contributed by atoms with Crippen molar-refractivity contribution < 1.29 is 27.6 Å². The number of carbonyl (C=O) groups excluding carboxylic acids is 1. The molecule has 0 N–H and O–H groups in total. The average Bonchev–Trinajstić information content (AvgIpc) is 2.27. The molecule has 8 heteroatoms. The van der Waals surface area contributed by atoms with Crippen molar-refractivity contribution in [3.05, 3.63) is 39.4 Å². The Morgan fingerprint density at radius 3 is 2.53 bits per heavy atom. The molecule has 1 aromatic carbocycles. The standard InChI is InChI=1S/C11H10F3NO4/c1-2-19-10(16)5-7-3-4-8(11(12,13)14)6-9(7)15(17)18/h3-4,6H,2,5H2,1H3. The van der Waals surface area contributed by atoms with Crippen LogP contribution in [0, 0.1) is 10.1 Å². The highest BCUT2D eigenvalue weighted by molar-refractivity contribution is 5.74. The molecule has 0 heterocycles. The van der Waals surface area contributed by atoms with Crippen LogP contribution in [0.4, 0.5) is 18.9 Å². The number of alkyl halides is 3. The van der Waals surface area contributed by atoms with Crippen molar-refractivity contribution in [1.29, 1.82) is 0 Å². The van der Waals surface area contributed by atoms with Crippen molar-refractivity contribution in [2.45, 2.75) is 19.5 Å². The average molecular weight is 277 g/mol. The third-order valence-electron chi connectivity index (χ3n) is 2.25. The summed E-state index contributed by atoms with van der Waals surface area (Å²) in [6, 6.07) is 2.02. The molecule has 0 aromatic heterocycles. The van der Waals surface area contributed by atoms with Gasteiger partial charge in [-0.2, -0.15) is 13.2 Å². The minimum absolute atomic E-state index is 0.0905. The number of carbonyl (C=O) groups is 1. The summed E-state index contributed by atoms with van der Waals surface area (Å²) in [6.07, 6.45) is -5.12. The van der Waals surface area contributed by atoms with Crippen LogP contribution in [-0.2, 0) is 22.1 Å². The molecule has 0 radical (unpaired) electrons. The Balaban J connectivity index is 3.12. The Morgan fingerprint density at radius 1 is 1.42 bits per heavy atom. The lowest BCUT2D eigenvalue weighted by molar-refractivity contribution is -0.385. The van der Waals surface area contributed by atoms with Crippen LogP contribution in [0.15, 0.2) is 18.2 Å². The first-order valence-electron chi connectivity index (χ1n) is 5.25. The van der Waals surface area contributed by atoms with E-state index in [9.17, 15) is 28.1 Å². The van der Waals surface area contributed by atoms with E-state index in [2.05, 4.69) is 4.74 Å². The molecule has 1 rings (SSSR count). The number of hydrogen-bond donors (Lipinski definition) is 0. The molecular weight excluding hydrogens is 267 g/mol. The zero-order valence-corrected chi connectivity index (χ0v) is 9.86. The highest BCUT2D eigenvalue weighted by atomic mass is 19.4. The molecule has 0 saturated carbocycles. The Bertz CT molecular complexity index is 499. The maximum absolute atomic E-state index is 12.4. The first-order chi connectivity index (χ1) is 8.75. The summed E-state index contributed by atoms with van der Waals surface area (Å²) < 4.78 is 41.9. The number of esters is 1. The maximum atomic E-state index is 12.4. The monoisotopic (exact) mass is 277 g/mol. The number of rotatable bonds is 4. The number of ether oxygens (including phenoxy) is 1. The minimum Gasteiger partial charge on any atom is -0.466 e. The summed E-state index contributed by atoms with van der Waals surface area (Å²) in [5.41, 5.74) is -1.99. The first-order valence-corrected chi connectivity index (χ1v) is 5.25. The van der Waals surface area contributed by atoms with Crippen molar-refractivity contribution in [3.63, 3.8) is 0 Å². The summed E-state index contributed by atoms with van der Waals surface area (Å²) in [5, 5.41) is 10.7. The molecule has 0 atom stereocenters. The number of hydrogen-bond acceptors (Lipinski definition) is 4. The van der Waals surface area contributed by atoms with Gasteiger partial charge in [0.05, 0.1) is 23.5 Å². The third kappa shape index (κ3) is 3.94. The molecule has 0 aliphatic rings. The van der Waals surface area contributed by atoms with E-state index < -0.39 is 34.7 Å². The number of nitro groups is 1. The van der Waals surface area contributed by atoms with Crippen molar-refractivity contribution in [1.82, 2.24) is 0 Å². The van der Waals surface area contributed by atoms with E-state index in [1.165, 1.54) is 0 Å². The predicted molar refractivity (Wildman–Crippen MR) is 58.4 cm³/mol. The van der Waals surface area contributed by atoms with Crippen LogP contribution in [0.3, 0.4) is 0 Å². The summed E-state index contributed by atoms with van der Waals surface area (Å²) in [4.78, 5) is 21.0. The summed E-state index contributed by atoms with van der Waals surface area (Å²) >= 11 is 0. The van der Waals surface area contributed by atoms with Crippen molar-refractivity contribution in [3.8, 4) is 0 Å². The topological polar surface area (TPSA) is 69.4 Å². The van der Waals surface area contributed by atoms with Gasteiger partial charge in [0.1, 0.15) is 0 Å². The van der Waals surface area contributed by atoms with Gasteiger partial charge in [0.2, 0.25) is 0 Å². The lowest BCUT2D eigenvalue weighted by Crippen LogP contribution is -2.11. The van der Waals surface area contributed by atoms with E-state index in [-0.39, 0.29) is 12.2 Å². The summed E-state index contributed by atoms with van der Waals surface area (Å²) in [6.45, 7) is 1.65. The van der Waals surface area contributed by atoms with Crippen molar-refractivity contribution >= 4 is 11.7 Å². The normalized spacial score (nSPS) is 11.2. The van der Waals surface area contributed by atoms with Gasteiger partial charge in [-0.3, -0.25) is 14.9 Å². The molecule has 0 bridgehead atoms. The number of halogens is 3. The van der Waals surface area contributed by atoms with Gasteiger partial charge in [-0.05, 0) is 13.0 Å². The van der Waals surface area contributed by atoms with E-state index in [1.807, 2.05) is 0 Å². The number of nitrogens with zero attached hydrogens (tertiary/aromatic N) is 1. The van der Waals surface area contributed by atoms with Crippen LogP contribution in [0.25, 0.3) is 0 Å². The summed E-state index contributed by atoms with van der Waals surface area (Å²) in [5.74, 6) is -0.731. The van der Waals surface area contributed by atoms with Crippen molar-refractivity contribution in [2.24, 2.45) is 0 Å². The van der Waals surface area contributed by atoms with Crippen LogP contribution in [0.5, 0.6) is 0 Å². The molecule has 19 heavy (non-hydrogen) atoms. The second-order valence-corrected chi connectivity index (χ2v) is 3.58. The number of benzene rings is 1. The molecule has 0 aliphatic carbocycles. The molecule has 0 aliphatic heterocycles. The molecule has 0 fully saturated rings. The number of nitro benzene ring substituents is 1. The molecule has 1 aromatic rings. The lowest BCUT2D eigenvalue weighted by Gasteiger charge is -2.08. The van der Waals surface area contributed by atoms with E-state index in [0.29, 0.717) is 12.1 Å². The molecule has 104 valence electrons. The fourth-order valence-corrected chi connectivity index (χ4v) is 1.43. The zero-order valence-electron chi connectivity index (χ0n) is 9.86. The van der Waals surface area contributed by atoms with Crippen LogP contribution < -0.4 is 0 Å². The molecule has 0 spiro atoms. The zero-order chi connectivity index (χ0) is 14.6. The van der Waals surface area contributed by atoms with Crippen LogP contribution in [0.1, 0.15) is 18.1 Å². The van der Waals surface area contributed by atoms with Gasteiger partial charge in [-0.25, -0.2) is 0 Å². The lowest BCUT2D eigenvalue weighted by atomic mass is 10.1. The van der Waals surface area contributed by atoms with Gasteiger partial charge >= 0.3 is 12.1 Å². The van der Waals surface area contributed by atoms with E-state index >= 15 is 0 Å². The minimum atomic E-state index is -4.67. The van der Waals surface area contributed by atoms with Gasteiger partial charge < -0.3 is 4.74 Å². The Kier molecular flexibility index (Phi) is 4.47. The van der Waals surface area contributed by atoms with Gasteiger partial charge in [0.25, 0.3) is 5.69 Å². The molecule has 0 unspecified atom stereocenters. The smallest absolute Gasteiger partial charge is 0.416 e. The SMILES string of the molecule is CCOC(=O)Cc1ccc(C(F)(F)F)cc1[N+](=O)[O-]. The van der Waals surface area contributed by atoms with E-state index in [0.717, 1.165) is 6.07 Å². The second-order valence-electron chi connectivity index (χ2n) is 3.58. The predicted octanol–water partition coefficient (Wildman–Crippen LogP) is 2.72. The van der Waals surface area contributed by atoms with Crippen LogP contribution >= 0.6 is 0 Å². The molecule has 0 amide bonds.